The van der Waals surface area contributed by atoms with Gasteiger partial charge in [0, 0.05) is 18.7 Å². The van der Waals surface area contributed by atoms with Gasteiger partial charge in [0.2, 0.25) is 5.65 Å². The van der Waals surface area contributed by atoms with Crippen molar-refractivity contribution in [2.24, 2.45) is 0 Å². The van der Waals surface area contributed by atoms with E-state index in [0.29, 0.717) is 41.6 Å². The molecule has 0 spiro atoms. The van der Waals surface area contributed by atoms with E-state index in [9.17, 15) is 19.0 Å². The maximum absolute atomic E-state index is 13.0. The summed E-state index contributed by atoms with van der Waals surface area (Å²) in [6, 6.07) is 4.20. The molecule has 0 amide bonds. The number of hydrogen-bond donors (Lipinski definition) is 2. The number of fused-ring (bicyclic) bond motifs is 2. The van der Waals surface area contributed by atoms with E-state index in [4.69, 9.17) is 0 Å². The number of halogens is 2. The van der Waals surface area contributed by atoms with E-state index < -0.39 is 6.43 Å². The van der Waals surface area contributed by atoms with Crippen LogP contribution in [0.25, 0.3) is 11.3 Å². The predicted molar refractivity (Wildman–Crippen MR) is 98.0 cm³/mol. The Labute approximate surface area is 167 Å². The standard InChI is InChI=1S/C17H15F2N9O2/c18-14(19)16-24-22-13-8-26(3-4-27(13)16)12-6-20-15-17(21-12)28(25-23-15)7-9-5-10(29)1-2-11(9)30/h1-2,5-6,14,29-30H,3-4,7-8H2. The summed E-state index contributed by atoms with van der Waals surface area (Å²) in [7, 11) is 0. The van der Waals surface area contributed by atoms with Gasteiger partial charge in [-0.15, -0.1) is 15.3 Å². The van der Waals surface area contributed by atoms with Crippen molar-refractivity contribution in [1.29, 1.82) is 0 Å². The van der Waals surface area contributed by atoms with Gasteiger partial charge >= 0.3 is 0 Å². The number of phenolic OH excluding ortho intramolecular Hbond substituents is 2. The van der Waals surface area contributed by atoms with E-state index in [1.54, 1.807) is 0 Å². The zero-order valence-corrected chi connectivity index (χ0v) is 15.4. The van der Waals surface area contributed by atoms with Crippen LogP contribution in [-0.2, 0) is 19.6 Å². The number of alkyl halides is 2. The van der Waals surface area contributed by atoms with E-state index in [1.807, 2.05) is 4.90 Å². The molecule has 2 N–H and O–H groups in total. The van der Waals surface area contributed by atoms with Crippen molar-refractivity contribution >= 4 is 17.1 Å². The highest BCUT2D eigenvalue weighted by molar-refractivity contribution is 5.67. The lowest BCUT2D eigenvalue weighted by Gasteiger charge is -2.28. The van der Waals surface area contributed by atoms with Crippen LogP contribution in [0.15, 0.2) is 24.4 Å². The second-order valence-electron chi connectivity index (χ2n) is 6.78. The van der Waals surface area contributed by atoms with Gasteiger partial charge in [-0.3, -0.25) is 0 Å². The molecule has 0 fully saturated rings. The van der Waals surface area contributed by atoms with Crippen molar-refractivity contribution in [1.82, 2.24) is 39.7 Å². The largest absolute Gasteiger partial charge is 0.508 e. The summed E-state index contributed by atoms with van der Waals surface area (Å²) in [4.78, 5) is 10.7. The van der Waals surface area contributed by atoms with Crippen LogP contribution in [0.3, 0.4) is 0 Å². The Morgan fingerprint density at radius 2 is 1.97 bits per heavy atom. The molecule has 4 aromatic rings. The van der Waals surface area contributed by atoms with Crippen molar-refractivity contribution in [3.8, 4) is 11.5 Å². The van der Waals surface area contributed by atoms with E-state index in [-0.39, 0.29) is 30.4 Å². The first-order valence-electron chi connectivity index (χ1n) is 9.02. The van der Waals surface area contributed by atoms with E-state index in [1.165, 1.54) is 33.6 Å². The highest BCUT2D eigenvalue weighted by atomic mass is 19.3. The van der Waals surface area contributed by atoms with Gasteiger partial charge in [0.15, 0.2) is 17.3 Å². The number of hydrogen-bond acceptors (Lipinski definition) is 9. The molecule has 0 radical (unpaired) electrons. The first kappa shape index (κ1) is 18.1. The third-order valence-corrected chi connectivity index (χ3v) is 4.90. The molecule has 0 unspecified atom stereocenters. The molecule has 0 atom stereocenters. The lowest BCUT2D eigenvalue weighted by atomic mass is 10.2. The predicted octanol–water partition coefficient (Wildman–Crippen LogP) is 1.23. The van der Waals surface area contributed by atoms with Crippen LogP contribution < -0.4 is 4.90 Å². The summed E-state index contributed by atoms with van der Waals surface area (Å²) in [5.74, 6) is 0.624. The fourth-order valence-corrected chi connectivity index (χ4v) is 3.40. The lowest BCUT2D eigenvalue weighted by Crippen LogP contribution is -2.35. The molecule has 0 saturated heterocycles. The summed E-state index contributed by atoms with van der Waals surface area (Å²) in [6.07, 6.45) is -1.14. The number of nitrogens with zero attached hydrogens (tertiary/aromatic N) is 9. The van der Waals surface area contributed by atoms with Crippen LogP contribution in [0.4, 0.5) is 14.6 Å². The molecule has 5 rings (SSSR count). The van der Waals surface area contributed by atoms with Gasteiger partial charge in [-0.1, -0.05) is 5.21 Å². The monoisotopic (exact) mass is 415 g/mol. The molecule has 1 aliphatic rings. The van der Waals surface area contributed by atoms with Crippen molar-refractivity contribution in [3.63, 3.8) is 0 Å². The summed E-state index contributed by atoms with van der Waals surface area (Å²) in [6.45, 7) is 1.12. The zero-order valence-electron chi connectivity index (χ0n) is 15.4. The van der Waals surface area contributed by atoms with Gasteiger partial charge in [0.25, 0.3) is 6.43 Å². The fourth-order valence-electron chi connectivity index (χ4n) is 3.40. The van der Waals surface area contributed by atoms with Crippen LogP contribution in [0, 0.1) is 0 Å². The Morgan fingerprint density at radius 3 is 2.80 bits per heavy atom. The first-order valence-corrected chi connectivity index (χ1v) is 9.02. The number of aromatic hydroxyl groups is 2. The maximum atomic E-state index is 13.0. The lowest BCUT2D eigenvalue weighted by molar-refractivity contribution is 0.134. The van der Waals surface area contributed by atoms with Crippen molar-refractivity contribution in [2.45, 2.75) is 26.1 Å². The molecule has 0 aliphatic carbocycles. The van der Waals surface area contributed by atoms with Crippen LogP contribution >= 0.6 is 0 Å². The fraction of sp³-hybridized carbons (Fsp3) is 0.294. The summed E-state index contributed by atoms with van der Waals surface area (Å²) in [5, 5.41) is 35.1. The van der Waals surface area contributed by atoms with Crippen molar-refractivity contribution < 1.29 is 19.0 Å². The van der Waals surface area contributed by atoms with Crippen LogP contribution in [0.5, 0.6) is 11.5 Å². The van der Waals surface area contributed by atoms with E-state index >= 15 is 0 Å². The smallest absolute Gasteiger partial charge is 0.297 e. The quantitative estimate of drug-likeness (QED) is 0.473. The molecular weight excluding hydrogens is 400 g/mol. The van der Waals surface area contributed by atoms with E-state index in [0.717, 1.165) is 0 Å². The van der Waals surface area contributed by atoms with E-state index in [2.05, 4.69) is 30.5 Å². The SMILES string of the molecule is Oc1ccc(O)c(Cn2nnc3ncc(N4CCn5c(nnc5C(F)F)C4)nc32)c1. The topological polar surface area (TPSA) is 131 Å². The normalized spacial score (nSPS) is 13.9. The number of anilines is 1. The molecule has 154 valence electrons. The van der Waals surface area contributed by atoms with Crippen LogP contribution in [-0.4, -0.2) is 56.5 Å². The minimum absolute atomic E-state index is 0.00534. The zero-order chi connectivity index (χ0) is 20.8. The summed E-state index contributed by atoms with van der Waals surface area (Å²) >= 11 is 0. The number of phenols is 2. The van der Waals surface area contributed by atoms with Gasteiger partial charge in [-0.2, -0.15) is 0 Å². The van der Waals surface area contributed by atoms with Gasteiger partial charge in [0.05, 0.1) is 19.3 Å². The molecular formula is C17H15F2N9O2. The number of benzene rings is 1. The molecule has 4 heterocycles. The average Bonchev–Trinajstić information content (AvgIpc) is 3.34. The first-order chi connectivity index (χ1) is 14.5. The molecule has 13 heteroatoms. The third-order valence-electron chi connectivity index (χ3n) is 4.90. The Balaban J connectivity index is 1.45. The molecule has 11 nitrogen and oxygen atoms in total. The molecule has 1 aliphatic heterocycles. The highest BCUT2D eigenvalue weighted by Crippen LogP contribution is 2.26. The van der Waals surface area contributed by atoms with Gasteiger partial charge in [-0.05, 0) is 18.2 Å². The summed E-state index contributed by atoms with van der Waals surface area (Å²) < 4.78 is 28.9. The second-order valence-corrected chi connectivity index (χ2v) is 6.78. The van der Waals surface area contributed by atoms with Gasteiger partial charge in [0.1, 0.15) is 17.3 Å². The highest BCUT2D eigenvalue weighted by Gasteiger charge is 2.26. The molecule has 30 heavy (non-hydrogen) atoms. The average molecular weight is 415 g/mol. The van der Waals surface area contributed by atoms with Crippen molar-refractivity contribution in [2.75, 3.05) is 11.4 Å². The molecule has 3 aromatic heterocycles. The minimum Gasteiger partial charge on any atom is -0.508 e. The van der Waals surface area contributed by atoms with Gasteiger partial charge < -0.3 is 19.7 Å². The van der Waals surface area contributed by atoms with Gasteiger partial charge in [-0.25, -0.2) is 23.4 Å². The molecule has 1 aromatic carbocycles. The second kappa shape index (κ2) is 6.86. The summed E-state index contributed by atoms with van der Waals surface area (Å²) in [5.41, 5.74) is 1.15. The maximum Gasteiger partial charge on any atom is 0.297 e. The Hall–Kier alpha value is -3.90. The Kier molecular flexibility index (Phi) is 4.15. The minimum atomic E-state index is -2.68. The van der Waals surface area contributed by atoms with Crippen molar-refractivity contribution in [3.05, 3.63) is 41.6 Å². The Morgan fingerprint density at radius 1 is 1.10 bits per heavy atom. The van der Waals surface area contributed by atoms with Crippen LogP contribution in [0.2, 0.25) is 0 Å². The molecule has 0 bridgehead atoms. The molecule has 0 saturated carbocycles. The Bertz CT molecular complexity index is 1240. The third kappa shape index (κ3) is 3.03. The number of aromatic nitrogens is 8. The van der Waals surface area contributed by atoms with Crippen LogP contribution in [0.1, 0.15) is 23.6 Å². The number of rotatable bonds is 4.